The first-order valence-electron chi connectivity index (χ1n) is 6.10. The highest BCUT2D eigenvalue weighted by atomic mass is 32.2. The van der Waals surface area contributed by atoms with E-state index in [1.165, 1.54) is 25.3 Å². The minimum absolute atomic E-state index is 0.196. The van der Waals surface area contributed by atoms with Crippen molar-refractivity contribution in [2.45, 2.75) is 25.4 Å². The summed E-state index contributed by atoms with van der Waals surface area (Å²) in [4.78, 5) is 4.19. The van der Waals surface area contributed by atoms with Crippen molar-refractivity contribution in [3.05, 3.63) is 46.9 Å². The van der Waals surface area contributed by atoms with Crippen molar-refractivity contribution in [2.24, 2.45) is 0 Å². The minimum atomic E-state index is -1.24. The van der Waals surface area contributed by atoms with Gasteiger partial charge in [0.1, 0.15) is 23.1 Å². The second-order valence-corrected chi connectivity index (χ2v) is 5.89. The summed E-state index contributed by atoms with van der Waals surface area (Å²) in [6, 6.07) is 4.18. The van der Waals surface area contributed by atoms with Gasteiger partial charge in [-0.1, -0.05) is 0 Å². The zero-order valence-corrected chi connectivity index (χ0v) is 12.4. The molecule has 1 heterocycles. The summed E-state index contributed by atoms with van der Waals surface area (Å²) >= 11 is 0. The van der Waals surface area contributed by atoms with Crippen LogP contribution in [0.2, 0.25) is 0 Å². The number of hydrogen-bond donors (Lipinski definition) is 0. The van der Waals surface area contributed by atoms with Gasteiger partial charge in [-0.25, -0.2) is 9.37 Å². The molecule has 0 N–H and O–H groups in total. The molecule has 1 atom stereocenters. The molecule has 1 aromatic carbocycles. The molecule has 0 amide bonds. The Kier molecular flexibility index (Phi) is 4.54. The van der Waals surface area contributed by atoms with Crippen LogP contribution in [-0.4, -0.2) is 16.3 Å². The molecule has 0 bridgehead atoms. The molecular weight excluding hydrogens is 281 g/mol. The van der Waals surface area contributed by atoms with Crippen molar-refractivity contribution < 1.29 is 17.8 Å². The molecule has 0 saturated carbocycles. The van der Waals surface area contributed by atoms with Crippen LogP contribution in [0.5, 0.6) is 5.75 Å². The molecule has 108 valence electrons. The van der Waals surface area contributed by atoms with Crippen molar-refractivity contribution in [2.75, 3.05) is 7.11 Å². The van der Waals surface area contributed by atoms with Gasteiger partial charge in [-0.3, -0.25) is 4.21 Å². The number of aryl methyl sites for hydroxylation is 2. The van der Waals surface area contributed by atoms with Crippen LogP contribution >= 0.6 is 0 Å². The number of ether oxygens (including phenoxy) is 1. The minimum Gasteiger partial charge on any atom is -0.496 e. The largest absolute Gasteiger partial charge is 0.496 e. The van der Waals surface area contributed by atoms with Crippen LogP contribution in [0.3, 0.4) is 0 Å². The van der Waals surface area contributed by atoms with E-state index in [0.717, 1.165) is 11.5 Å². The Labute approximate surface area is 119 Å². The lowest BCUT2D eigenvalue weighted by molar-refractivity contribution is 0.410. The van der Waals surface area contributed by atoms with Gasteiger partial charge in [0.05, 0.1) is 18.6 Å². The van der Waals surface area contributed by atoms with Crippen LogP contribution in [0.25, 0.3) is 0 Å². The fourth-order valence-electron chi connectivity index (χ4n) is 1.82. The van der Waals surface area contributed by atoms with E-state index >= 15 is 0 Å². The smallest absolute Gasteiger partial charge is 0.207 e. The molecular formula is C14H16FNO3S. The van der Waals surface area contributed by atoms with Gasteiger partial charge in [-0.2, -0.15) is 0 Å². The Balaban J connectivity index is 2.10. The molecule has 0 fully saturated rings. The van der Waals surface area contributed by atoms with Gasteiger partial charge in [-0.05, 0) is 32.0 Å². The van der Waals surface area contributed by atoms with E-state index < -0.39 is 10.8 Å². The predicted octanol–water partition coefficient (Wildman–Crippen LogP) is 2.89. The second-order valence-electron chi connectivity index (χ2n) is 4.43. The molecule has 0 spiro atoms. The zero-order chi connectivity index (χ0) is 14.7. The molecule has 0 saturated heterocycles. The predicted molar refractivity (Wildman–Crippen MR) is 74.5 cm³/mol. The zero-order valence-electron chi connectivity index (χ0n) is 11.6. The van der Waals surface area contributed by atoms with Gasteiger partial charge in [0, 0.05) is 16.4 Å². The van der Waals surface area contributed by atoms with E-state index in [0.29, 0.717) is 17.2 Å². The number of halogens is 1. The number of nitrogens with zero attached hydrogens (tertiary/aromatic N) is 1. The van der Waals surface area contributed by atoms with Crippen LogP contribution in [0.15, 0.2) is 22.6 Å². The molecule has 0 aliphatic heterocycles. The average molecular weight is 297 g/mol. The maximum atomic E-state index is 13.2. The molecule has 2 rings (SSSR count). The quantitative estimate of drug-likeness (QED) is 0.851. The topological polar surface area (TPSA) is 52.3 Å². The van der Waals surface area contributed by atoms with E-state index in [1.807, 2.05) is 13.8 Å². The van der Waals surface area contributed by atoms with Gasteiger partial charge < -0.3 is 9.15 Å². The third-order valence-electron chi connectivity index (χ3n) is 2.92. The summed E-state index contributed by atoms with van der Waals surface area (Å²) in [5.41, 5.74) is 1.37. The molecule has 0 aliphatic carbocycles. The highest BCUT2D eigenvalue weighted by molar-refractivity contribution is 7.83. The van der Waals surface area contributed by atoms with Crippen molar-refractivity contribution >= 4 is 10.8 Å². The van der Waals surface area contributed by atoms with Gasteiger partial charge >= 0.3 is 0 Å². The highest BCUT2D eigenvalue weighted by Crippen LogP contribution is 2.22. The summed E-state index contributed by atoms with van der Waals surface area (Å²) < 4.78 is 35.9. The fourth-order valence-corrected chi connectivity index (χ4v) is 2.90. The molecule has 0 radical (unpaired) electrons. The summed E-state index contributed by atoms with van der Waals surface area (Å²) in [5, 5.41) is 0. The third kappa shape index (κ3) is 3.45. The first kappa shape index (κ1) is 14.7. The molecule has 2 aromatic rings. The highest BCUT2D eigenvalue weighted by Gasteiger charge is 2.13. The Morgan fingerprint density at radius 2 is 2.10 bits per heavy atom. The number of rotatable bonds is 5. The first-order chi connectivity index (χ1) is 9.49. The summed E-state index contributed by atoms with van der Waals surface area (Å²) in [6.07, 6.45) is 0. The average Bonchev–Trinajstić information content (AvgIpc) is 2.68. The summed E-state index contributed by atoms with van der Waals surface area (Å²) in [5.74, 6) is 1.71. The van der Waals surface area contributed by atoms with E-state index in [1.54, 1.807) is 0 Å². The van der Waals surface area contributed by atoms with E-state index in [9.17, 15) is 8.60 Å². The van der Waals surface area contributed by atoms with Crippen LogP contribution in [0.1, 0.15) is 22.9 Å². The number of methoxy groups -OCH3 is 1. The van der Waals surface area contributed by atoms with Crippen molar-refractivity contribution in [3.63, 3.8) is 0 Å². The maximum absolute atomic E-state index is 13.2. The second kappa shape index (κ2) is 6.17. The molecule has 0 aliphatic rings. The first-order valence-corrected chi connectivity index (χ1v) is 7.58. The standard InChI is InChI=1S/C14H16FNO3S/c1-9-10(2)19-14(16-9)8-20(17)7-11-6-12(15)4-5-13(11)18-3/h4-6H,7-8H2,1-3H3/t20-/m1/s1. The Morgan fingerprint density at radius 3 is 2.70 bits per heavy atom. The number of benzene rings is 1. The molecule has 4 nitrogen and oxygen atoms in total. The SMILES string of the molecule is COc1ccc(F)cc1C[S@@](=O)Cc1nc(C)c(C)o1. The van der Waals surface area contributed by atoms with Crippen LogP contribution < -0.4 is 4.74 Å². The lowest BCUT2D eigenvalue weighted by atomic mass is 10.2. The Morgan fingerprint density at radius 1 is 1.35 bits per heavy atom. The molecule has 20 heavy (non-hydrogen) atoms. The van der Waals surface area contributed by atoms with Gasteiger partial charge in [-0.15, -0.1) is 0 Å². The number of hydrogen-bond acceptors (Lipinski definition) is 4. The molecule has 6 heteroatoms. The Bertz CT molecular complexity index is 620. The third-order valence-corrected chi connectivity index (χ3v) is 4.12. The fraction of sp³-hybridized carbons (Fsp3) is 0.357. The van der Waals surface area contributed by atoms with Crippen LogP contribution in [-0.2, 0) is 22.3 Å². The van der Waals surface area contributed by atoms with Crippen molar-refractivity contribution in [3.8, 4) is 5.75 Å². The van der Waals surface area contributed by atoms with Crippen LogP contribution in [0, 0.1) is 19.7 Å². The van der Waals surface area contributed by atoms with Crippen LogP contribution in [0.4, 0.5) is 4.39 Å². The molecule has 1 aromatic heterocycles. The number of oxazole rings is 1. The lowest BCUT2D eigenvalue weighted by Crippen LogP contribution is -2.02. The van der Waals surface area contributed by atoms with E-state index in [-0.39, 0.29) is 17.3 Å². The summed E-state index contributed by atoms with van der Waals surface area (Å²) in [7, 11) is 0.260. The maximum Gasteiger partial charge on any atom is 0.207 e. The van der Waals surface area contributed by atoms with E-state index in [4.69, 9.17) is 9.15 Å². The monoisotopic (exact) mass is 297 g/mol. The lowest BCUT2D eigenvalue weighted by Gasteiger charge is -2.07. The summed E-state index contributed by atoms with van der Waals surface area (Å²) in [6.45, 7) is 3.64. The Hall–Kier alpha value is -1.69. The van der Waals surface area contributed by atoms with Gasteiger partial charge in [0.15, 0.2) is 0 Å². The normalized spacial score (nSPS) is 12.4. The van der Waals surface area contributed by atoms with E-state index in [2.05, 4.69) is 4.98 Å². The number of aromatic nitrogens is 1. The van der Waals surface area contributed by atoms with Crippen molar-refractivity contribution in [1.29, 1.82) is 0 Å². The molecule has 0 unspecified atom stereocenters. The van der Waals surface area contributed by atoms with Gasteiger partial charge in [0.25, 0.3) is 0 Å². The van der Waals surface area contributed by atoms with Crippen molar-refractivity contribution in [1.82, 2.24) is 4.98 Å². The van der Waals surface area contributed by atoms with Gasteiger partial charge in [0.2, 0.25) is 5.89 Å².